The summed E-state index contributed by atoms with van der Waals surface area (Å²) in [5, 5.41) is 0. The van der Waals surface area contributed by atoms with Crippen molar-refractivity contribution in [1.82, 2.24) is 0 Å². The maximum atomic E-state index is 6.10. The van der Waals surface area contributed by atoms with Gasteiger partial charge >= 0.3 is 0 Å². The quantitative estimate of drug-likeness (QED) is 0.321. The van der Waals surface area contributed by atoms with Gasteiger partial charge in [0.05, 0.1) is 0 Å². The van der Waals surface area contributed by atoms with Crippen molar-refractivity contribution in [3.63, 3.8) is 0 Å². The standard InChI is InChI=1S/C24H51N/c1-9-23(21(7)18(3)4)16-12-14-19(5)13-11-15-20(6)17-24(10-2)22(8)25/h18-24H,9-17,25H2,1-8H3. The molecule has 0 amide bonds. The van der Waals surface area contributed by atoms with Crippen molar-refractivity contribution in [2.24, 2.45) is 41.2 Å². The molecule has 6 unspecified atom stereocenters. The van der Waals surface area contributed by atoms with Gasteiger partial charge in [0, 0.05) is 6.04 Å². The predicted octanol–water partition coefficient (Wildman–Crippen LogP) is 7.68. The van der Waals surface area contributed by atoms with Gasteiger partial charge in [0.1, 0.15) is 0 Å². The Morgan fingerprint density at radius 1 is 0.640 bits per heavy atom. The second kappa shape index (κ2) is 14.1. The van der Waals surface area contributed by atoms with Crippen LogP contribution in [0.15, 0.2) is 0 Å². The Hall–Kier alpha value is -0.0400. The van der Waals surface area contributed by atoms with E-state index in [1.54, 1.807) is 0 Å². The summed E-state index contributed by atoms with van der Waals surface area (Å²) in [6, 6.07) is 0.353. The summed E-state index contributed by atoms with van der Waals surface area (Å²) in [5.74, 6) is 5.07. The Kier molecular flexibility index (Phi) is 14.0. The molecule has 0 aliphatic rings. The van der Waals surface area contributed by atoms with Crippen LogP contribution in [0.1, 0.15) is 113 Å². The molecule has 0 aromatic heterocycles. The van der Waals surface area contributed by atoms with E-state index in [1.165, 1.54) is 57.8 Å². The SMILES string of the molecule is CCC(CC(C)CCCC(C)CCCC(CC)C(C)C(C)C)C(C)N. The first-order valence-corrected chi connectivity index (χ1v) is 11.5. The van der Waals surface area contributed by atoms with Gasteiger partial charge in [0.25, 0.3) is 0 Å². The van der Waals surface area contributed by atoms with E-state index >= 15 is 0 Å². The number of hydrogen-bond acceptors (Lipinski definition) is 1. The summed E-state index contributed by atoms with van der Waals surface area (Å²) in [5.41, 5.74) is 6.10. The predicted molar refractivity (Wildman–Crippen MR) is 116 cm³/mol. The van der Waals surface area contributed by atoms with Crippen LogP contribution in [0.25, 0.3) is 0 Å². The third-order valence-electron chi connectivity index (χ3n) is 6.96. The molecule has 0 aliphatic carbocycles. The first kappa shape index (κ1) is 25.0. The summed E-state index contributed by atoms with van der Waals surface area (Å²) in [6.45, 7) is 18.9. The van der Waals surface area contributed by atoms with E-state index in [4.69, 9.17) is 5.73 Å². The maximum Gasteiger partial charge on any atom is 0.00387 e. The molecular formula is C24H51N. The molecule has 0 aromatic carbocycles. The molecule has 0 saturated heterocycles. The molecule has 0 heterocycles. The minimum atomic E-state index is 0.353. The van der Waals surface area contributed by atoms with E-state index in [0.717, 1.165) is 29.6 Å². The number of rotatable bonds is 15. The van der Waals surface area contributed by atoms with E-state index in [-0.39, 0.29) is 0 Å². The zero-order valence-electron chi connectivity index (χ0n) is 19.0. The van der Waals surface area contributed by atoms with E-state index in [9.17, 15) is 0 Å². The normalized spacial score (nSPS) is 19.4. The molecule has 2 N–H and O–H groups in total. The summed E-state index contributed by atoms with van der Waals surface area (Å²) in [6.07, 6.45) is 12.4. The van der Waals surface area contributed by atoms with Gasteiger partial charge in [-0.15, -0.1) is 0 Å². The highest BCUT2D eigenvalue weighted by molar-refractivity contribution is 4.71. The van der Waals surface area contributed by atoms with Crippen molar-refractivity contribution < 1.29 is 0 Å². The summed E-state index contributed by atoms with van der Waals surface area (Å²) >= 11 is 0. The molecule has 0 spiro atoms. The fraction of sp³-hybridized carbons (Fsp3) is 1.00. The molecule has 152 valence electrons. The van der Waals surface area contributed by atoms with Gasteiger partial charge in [-0.2, -0.15) is 0 Å². The van der Waals surface area contributed by atoms with Crippen LogP contribution >= 0.6 is 0 Å². The molecule has 0 radical (unpaired) electrons. The van der Waals surface area contributed by atoms with Crippen LogP contribution in [-0.2, 0) is 0 Å². The lowest BCUT2D eigenvalue weighted by Gasteiger charge is -2.26. The first-order valence-electron chi connectivity index (χ1n) is 11.5. The average Bonchev–Trinajstić information content (AvgIpc) is 2.55. The smallest absolute Gasteiger partial charge is 0.00387 e. The molecular weight excluding hydrogens is 302 g/mol. The van der Waals surface area contributed by atoms with E-state index in [1.807, 2.05) is 0 Å². The second-order valence-electron chi connectivity index (χ2n) is 9.61. The van der Waals surface area contributed by atoms with Gasteiger partial charge in [-0.05, 0) is 48.9 Å². The minimum Gasteiger partial charge on any atom is -0.328 e. The Morgan fingerprint density at radius 2 is 1.12 bits per heavy atom. The molecule has 25 heavy (non-hydrogen) atoms. The van der Waals surface area contributed by atoms with Crippen LogP contribution in [0.3, 0.4) is 0 Å². The van der Waals surface area contributed by atoms with Gasteiger partial charge in [0.15, 0.2) is 0 Å². The van der Waals surface area contributed by atoms with Gasteiger partial charge in [-0.1, -0.05) is 99.8 Å². The highest BCUT2D eigenvalue weighted by Gasteiger charge is 2.19. The molecule has 0 saturated carbocycles. The molecule has 1 nitrogen and oxygen atoms in total. The summed E-state index contributed by atoms with van der Waals surface area (Å²) < 4.78 is 0. The third kappa shape index (κ3) is 11.3. The van der Waals surface area contributed by atoms with Gasteiger partial charge in [-0.3, -0.25) is 0 Å². The topological polar surface area (TPSA) is 26.0 Å². The zero-order chi connectivity index (χ0) is 19.4. The molecule has 6 atom stereocenters. The van der Waals surface area contributed by atoms with Crippen LogP contribution < -0.4 is 5.73 Å². The van der Waals surface area contributed by atoms with E-state index in [2.05, 4.69) is 55.4 Å². The minimum absolute atomic E-state index is 0.353. The Balaban J connectivity index is 3.91. The van der Waals surface area contributed by atoms with Crippen LogP contribution in [0.2, 0.25) is 0 Å². The van der Waals surface area contributed by atoms with Crippen LogP contribution in [0.4, 0.5) is 0 Å². The Bertz CT molecular complexity index is 296. The van der Waals surface area contributed by atoms with E-state index < -0.39 is 0 Å². The monoisotopic (exact) mass is 353 g/mol. The highest BCUT2D eigenvalue weighted by atomic mass is 14.6. The fourth-order valence-corrected chi connectivity index (χ4v) is 4.46. The molecule has 1 heteroatoms. The van der Waals surface area contributed by atoms with Gasteiger partial charge in [-0.25, -0.2) is 0 Å². The fourth-order valence-electron chi connectivity index (χ4n) is 4.46. The van der Waals surface area contributed by atoms with Crippen LogP contribution in [-0.4, -0.2) is 6.04 Å². The Labute approximate surface area is 160 Å². The van der Waals surface area contributed by atoms with Gasteiger partial charge in [0.2, 0.25) is 0 Å². The van der Waals surface area contributed by atoms with Gasteiger partial charge < -0.3 is 5.73 Å². The number of nitrogens with two attached hydrogens (primary N) is 1. The maximum absolute atomic E-state index is 6.10. The highest BCUT2D eigenvalue weighted by Crippen LogP contribution is 2.29. The van der Waals surface area contributed by atoms with Crippen molar-refractivity contribution in [2.75, 3.05) is 0 Å². The van der Waals surface area contributed by atoms with Crippen molar-refractivity contribution in [1.29, 1.82) is 0 Å². The Morgan fingerprint density at radius 3 is 1.56 bits per heavy atom. The van der Waals surface area contributed by atoms with Crippen molar-refractivity contribution in [3.8, 4) is 0 Å². The number of hydrogen-bond donors (Lipinski definition) is 1. The van der Waals surface area contributed by atoms with Crippen molar-refractivity contribution in [3.05, 3.63) is 0 Å². The van der Waals surface area contributed by atoms with Crippen LogP contribution in [0, 0.1) is 35.5 Å². The lowest BCUT2D eigenvalue weighted by atomic mass is 9.80. The summed E-state index contributed by atoms with van der Waals surface area (Å²) in [7, 11) is 0. The lowest BCUT2D eigenvalue weighted by molar-refractivity contribution is 0.244. The first-order chi connectivity index (χ1) is 11.7. The molecule has 0 fully saturated rings. The summed E-state index contributed by atoms with van der Waals surface area (Å²) in [4.78, 5) is 0. The zero-order valence-corrected chi connectivity index (χ0v) is 19.0. The lowest BCUT2D eigenvalue weighted by Crippen LogP contribution is -2.27. The second-order valence-corrected chi connectivity index (χ2v) is 9.61. The van der Waals surface area contributed by atoms with Crippen molar-refractivity contribution in [2.45, 2.75) is 119 Å². The molecule has 0 rings (SSSR count). The van der Waals surface area contributed by atoms with Crippen LogP contribution in [0.5, 0.6) is 0 Å². The molecule has 0 aliphatic heterocycles. The van der Waals surface area contributed by atoms with Crippen molar-refractivity contribution >= 4 is 0 Å². The van der Waals surface area contributed by atoms with E-state index in [0.29, 0.717) is 12.0 Å². The third-order valence-corrected chi connectivity index (χ3v) is 6.96. The molecule has 0 bridgehead atoms. The average molecular weight is 354 g/mol. The largest absolute Gasteiger partial charge is 0.328 e. The molecule has 0 aromatic rings.